The van der Waals surface area contributed by atoms with Crippen LogP contribution in [0, 0.1) is 0 Å². The maximum atomic E-state index is 12.5. The van der Waals surface area contributed by atoms with Crippen LogP contribution in [0.5, 0.6) is 5.75 Å². The molecule has 2 aliphatic heterocycles. The molecule has 2 aliphatic rings. The maximum Gasteiger partial charge on any atom is 0.410 e. The first-order chi connectivity index (χ1) is 20.7. The van der Waals surface area contributed by atoms with Gasteiger partial charge in [0.15, 0.2) is 11.6 Å². The summed E-state index contributed by atoms with van der Waals surface area (Å²) in [5.74, 6) is 2.39. The lowest BCUT2D eigenvalue weighted by Crippen LogP contribution is -2.50. The number of piperazine rings is 1. The number of nitrogens with one attached hydrogen (secondary N) is 1. The number of nitrogens with zero attached hydrogens (tertiary/aromatic N) is 7. The van der Waals surface area contributed by atoms with Crippen molar-refractivity contribution in [3.63, 3.8) is 0 Å². The first-order valence-electron chi connectivity index (χ1n) is 15.0. The highest BCUT2D eigenvalue weighted by atomic mass is 16.6. The number of fused-ring (bicyclic) bond motifs is 1. The van der Waals surface area contributed by atoms with E-state index in [0.29, 0.717) is 25.3 Å². The molecule has 1 N–H and O–H groups in total. The van der Waals surface area contributed by atoms with Crippen LogP contribution in [0.15, 0.2) is 42.9 Å². The van der Waals surface area contributed by atoms with Crippen molar-refractivity contribution in [2.75, 3.05) is 51.3 Å². The average molecular weight is 585 g/mol. The van der Waals surface area contributed by atoms with Crippen LogP contribution in [-0.2, 0) is 11.2 Å². The van der Waals surface area contributed by atoms with Crippen LogP contribution in [0.4, 0.5) is 10.6 Å². The molecule has 11 nitrogen and oxygen atoms in total. The van der Waals surface area contributed by atoms with E-state index in [0.717, 1.165) is 72.2 Å². The number of pyridine rings is 1. The van der Waals surface area contributed by atoms with Crippen molar-refractivity contribution in [1.29, 1.82) is 0 Å². The highest BCUT2D eigenvalue weighted by Crippen LogP contribution is 2.37. The quantitative estimate of drug-likeness (QED) is 0.326. The Labute approximate surface area is 252 Å². The lowest BCUT2D eigenvalue weighted by atomic mass is 10.1. The number of carbonyl (C=O) groups is 1. The fraction of sp³-hybridized carbons (Fsp3) is 0.469. The van der Waals surface area contributed by atoms with Crippen LogP contribution in [0.2, 0.25) is 0 Å². The minimum Gasteiger partial charge on any atom is -0.491 e. The Hall–Kier alpha value is -4.25. The first kappa shape index (κ1) is 28.9. The van der Waals surface area contributed by atoms with Crippen LogP contribution in [-0.4, -0.2) is 92.8 Å². The number of aromatic nitrogens is 5. The van der Waals surface area contributed by atoms with Gasteiger partial charge in [-0.3, -0.25) is 9.88 Å². The second-order valence-corrected chi connectivity index (χ2v) is 12.3. The zero-order valence-electron chi connectivity index (χ0n) is 25.6. The normalized spacial score (nSPS) is 16.7. The van der Waals surface area contributed by atoms with Crippen LogP contribution >= 0.6 is 0 Å². The van der Waals surface area contributed by atoms with E-state index in [2.05, 4.69) is 54.9 Å². The van der Waals surface area contributed by atoms with Crippen molar-refractivity contribution in [3.05, 3.63) is 59.9 Å². The highest BCUT2D eigenvalue weighted by molar-refractivity contribution is 5.84. The molecule has 0 bridgehead atoms. The number of imidazole rings is 1. The number of hydrogen-bond donors (Lipinski definition) is 1. The van der Waals surface area contributed by atoms with Crippen molar-refractivity contribution in [2.45, 2.75) is 52.2 Å². The summed E-state index contributed by atoms with van der Waals surface area (Å²) < 4.78 is 11.3. The van der Waals surface area contributed by atoms with Crippen molar-refractivity contribution >= 4 is 22.9 Å². The molecule has 5 heterocycles. The van der Waals surface area contributed by atoms with Crippen LogP contribution < -0.4 is 9.64 Å². The minimum atomic E-state index is -0.487. The SMILES string of the molecule is COc1c(-c2ccc3nc(Cc4cc(C(C)N5CCN(C(=O)OC(C)(C)C)CC5)ccn4)[nH]c3c2)ncnc1N1CCC1. The summed E-state index contributed by atoms with van der Waals surface area (Å²) in [6.45, 7) is 12.7. The topological polar surface area (TPSA) is 113 Å². The summed E-state index contributed by atoms with van der Waals surface area (Å²) in [7, 11) is 1.67. The monoisotopic (exact) mass is 584 g/mol. The predicted octanol–water partition coefficient (Wildman–Crippen LogP) is 4.84. The molecule has 0 spiro atoms. The van der Waals surface area contributed by atoms with E-state index in [9.17, 15) is 4.79 Å². The fourth-order valence-electron chi connectivity index (χ4n) is 5.66. The minimum absolute atomic E-state index is 0.199. The Morgan fingerprint density at radius 1 is 1.02 bits per heavy atom. The van der Waals surface area contributed by atoms with Crippen LogP contribution in [0.3, 0.4) is 0 Å². The molecule has 226 valence electrons. The lowest BCUT2D eigenvalue weighted by Gasteiger charge is -2.38. The van der Waals surface area contributed by atoms with Gasteiger partial charge < -0.3 is 24.3 Å². The fourth-order valence-corrected chi connectivity index (χ4v) is 5.66. The summed E-state index contributed by atoms with van der Waals surface area (Å²) in [5, 5.41) is 0. The smallest absolute Gasteiger partial charge is 0.410 e. The Balaban J connectivity index is 1.14. The zero-order valence-corrected chi connectivity index (χ0v) is 25.6. The molecular weight excluding hydrogens is 544 g/mol. The summed E-state index contributed by atoms with van der Waals surface area (Å²) in [6.07, 6.45) is 4.99. The zero-order chi connectivity index (χ0) is 30.1. The first-order valence-corrected chi connectivity index (χ1v) is 15.0. The number of ether oxygens (including phenoxy) is 2. The maximum absolute atomic E-state index is 12.5. The molecule has 1 amide bonds. The third kappa shape index (κ3) is 6.27. The average Bonchev–Trinajstić information content (AvgIpc) is 3.36. The molecule has 1 aromatic carbocycles. The number of rotatable bonds is 7. The van der Waals surface area contributed by atoms with Crippen molar-refractivity contribution in [1.82, 2.24) is 34.7 Å². The van der Waals surface area contributed by atoms with Gasteiger partial charge in [0.05, 0.1) is 18.1 Å². The Morgan fingerprint density at radius 2 is 1.81 bits per heavy atom. The number of amides is 1. The van der Waals surface area contributed by atoms with E-state index in [1.54, 1.807) is 18.3 Å². The van der Waals surface area contributed by atoms with E-state index in [1.807, 2.05) is 39.1 Å². The van der Waals surface area contributed by atoms with Gasteiger partial charge in [0, 0.05) is 69.2 Å². The summed E-state index contributed by atoms with van der Waals surface area (Å²) in [5.41, 5.74) is 5.21. The van der Waals surface area contributed by atoms with E-state index in [-0.39, 0.29) is 12.1 Å². The molecular formula is C32H40N8O3. The van der Waals surface area contributed by atoms with E-state index in [4.69, 9.17) is 14.5 Å². The summed E-state index contributed by atoms with van der Waals surface area (Å²) >= 11 is 0. The van der Waals surface area contributed by atoms with Crippen LogP contribution in [0.1, 0.15) is 57.2 Å². The molecule has 3 aromatic heterocycles. The van der Waals surface area contributed by atoms with Crippen LogP contribution in [0.25, 0.3) is 22.3 Å². The number of carbonyl (C=O) groups excluding carboxylic acids is 1. The van der Waals surface area contributed by atoms with Crippen molar-refractivity contribution in [2.24, 2.45) is 0 Å². The molecule has 2 fully saturated rings. The summed E-state index contributed by atoms with van der Waals surface area (Å²) in [4.78, 5) is 40.9. The predicted molar refractivity (Wildman–Crippen MR) is 165 cm³/mol. The number of benzene rings is 1. The molecule has 4 aromatic rings. The number of aromatic amines is 1. The molecule has 0 radical (unpaired) electrons. The molecule has 2 saturated heterocycles. The standard InChI is InChI=1S/C32H40N8O3/c1-21(38-13-15-40(16-14-38)31(41)43-32(2,3)4)22-9-10-33-24(17-22)19-27-36-25-8-7-23(18-26(25)37-27)28-29(42-5)30(35-20-34-28)39-11-6-12-39/h7-10,17-18,20-21H,6,11-16,19H2,1-5H3,(H,36,37). The van der Waals surface area contributed by atoms with Gasteiger partial charge in [0.25, 0.3) is 0 Å². The van der Waals surface area contributed by atoms with Gasteiger partial charge in [0.1, 0.15) is 23.4 Å². The largest absolute Gasteiger partial charge is 0.491 e. The molecule has 6 rings (SSSR count). The second-order valence-electron chi connectivity index (χ2n) is 12.3. The third-order valence-electron chi connectivity index (χ3n) is 8.13. The van der Waals surface area contributed by atoms with Crippen molar-refractivity contribution in [3.8, 4) is 17.0 Å². The number of methoxy groups -OCH3 is 1. The van der Waals surface area contributed by atoms with Gasteiger partial charge >= 0.3 is 6.09 Å². The Kier molecular flexibility index (Phi) is 7.91. The van der Waals surface area contributed by atoms with E-state index in [1.165, 1.54) is 5.56 Å². The number of H-pyrrole nitrogens is 1. The molecule has 11 heteroatoms. The van der Waals surface area contributed by atoms with Crippen molar-refractivity contribution < 1.29 is 14.3 Å². The summed E-state index contributed by atoms with van der Waals surface area (Å²) in [6, 6.07) is 10.5. The molecule has 43 heavy (non-hydrogen) atoms. The van der Waals surface area contributed by atoms with Gasteiger partial charge in [-0.15, -0.1) is 0 Å². The lowest BCUT2D eigenvalue weighted by molar-refractivity contribution is 0.0110. The highest BCUT2D eigenvalue weighted by Gasteiger charge is 2.28. The molecule has 1 unspecified atom stereocenters. The van der Waals surface area contributed by atoms with Gasteiger partial charge in [0.2, 0.25) is 0 Å². The Morgan fingerprint density at radius 3 is 2.51 bits per heavy atom. The van der Waals surface area contributed by atoms with Gasteiger partial charge in [-0.05, 0) is 63.9 Å². The van der Waals surface area contributed by atoms with Gasteiger partial charge in [-0.2, -0.15) is 0 Å². The second kappa shape index (κ2) is 11.8. The number of hydrogen-bond acceptors (Lipinski definition) is 9. The van der Waals surface area contributed by atoms with Gasteiger partial charge in [-0.25, -0.2) is 19.7 Å². The van der Waals surface area contributed by atoms with E-state index < -0.39 is 5.60 Å². The van der Waals surface area contributed by atoms with Gasteiger partial charge in [-0.1, -0.05) is 6.07 Å². The molecule has 0 saturated carbocycles. The number of anilines is 1. The molecule has 1 atom stereocenters. The third-order valence-corrected chi connectivity index (χ3v) is 8.13. The molecule has 0 aliphatic carbocycles. The Bertz CT molecular complexity index is 1600. The van der Waals surface area contributed by atoms with E-state index >= 15 is 0 Å².